The largest absolute Gasteiger partial charge is 0.0827 e. The second-order valence-electron chi connectivity index (χ2n) is 5.89. The van der Waals surface area contributed by atoms with Crippen molar-refractivity contribution in [1.82, 2.24) is 0 Å². The molecule has 0 spiro atoms. The molecule has 0 aromatic heterocycles. The van der Waals surface area contributed by atoms with E-state index in [4.69, 9.17) is 23.2 Å². The van der Waals surface area contributed by atoms with Gasteiger partial charge in [-0.25, -0.2) is 0 Å². The third-order valence-electron chi connectivity index (χ3n) is 4.90. The van der Waals surface area contributed by atoms with Crippen LogP contribution < -0.4 is 0 Å². The Morgan fingerprint density at radius 2 is 1.79 bits per heavy atom. The van der Waals surface area contributed by atoms with Crippen molar-refractivity contribution in [3.8, 4) is 0 Å². The van der Waals surface area contributed by atoms with Gasteiger partial charge in [0.05, 0.1) is 10.0 Å². The van der Waals surface area contributed by atoms with Crippen molar-refractivity contribution in [1.29, 1.82) is 0 Å². The summed E-state index contributed by atoms with van der Waals surface area (Å²) in [5.41, 5.74) is 1.76. The molecule has 0 nitrogen and oxygen atoms in total. The molecule has 0 amide bonds. The zero-order chi connectivity index (χ0) is 13.9. The SMILES string of the molecule is CCCC(CC)C1(c2ccc(Cl)c(Cl)c2)CCCC1. The highest BCUT2D eigenvalue weighted by Crippen LogP contribution is 2.50. The Balaban J connectivity index is 2.40. The molecule has 0 radical (unpaired) electrons. The summed E-state index contributed by atoms with van der Waals surface area (Å²) in [6.07, 6.45) is 9.15. The fraction of sp³-hybridized carbons (Fsp3) is 0.647. The molecule has 0 heterocycles. The minimum absolute atomic E-state index is 0.346. The highest BCUT2D eigenvalue weighted by atomic mass is 35.5. The summed E-state index contributed by atoms with van der Waals surface area (Å²) in [5.74, 6) is 0.775. The van der Waals surface area contributed by atoms with Crippen molar-refractivity contribution < 1.29 is 0 Å². The van der Waals surface area contributed by atoms with Crippen LogP contribution in [0.3, 0.4) is 0 Å². The lowest BCUT2D eigenvalue weighted by molar-refractivity contribution is 0.246. The average Bonchev–Trinajstić information content (AvgIpc) is 2.89. The maximum atomic E-state index is 6.25. The van der Waals surface area contributed by atoms with E-state index in [1.807, 2.05) is 6.07 Å². The first kappa shape index (κ1) is 15.2. The minimum atomic E-state index is 0.346. The number of benzene rings is 1. The molecule has 1 aromatic carbocycles. The first-order valence-electron chi connectivity index (χ1n) is 7.59. The predicted octanol–water partition coefficient (Wildman–Crippen LogP) is 6.63. The van der Waals surface area contributed by atoms with Gasteiger partial charge in [0.2, 0.25) is 0 Å². The Labute approximate surface area is 127 Å². The van der Waals surface area contributed by atoms with E-state index < -0.39 is 0 Å². The fourth-order valence-electron chi connectivity index (χ4n) is 3.96. The zero-order valence-corrected chi connectivity index (χ0v) is 13.5. The van der Waals surface area contributed by atoms with Gasteiger partial charge in [0, 0.05) is 0 Å². The second-order valence-corrected chi connectivity index (χ2v) is 6.70. The van der Waals surface area contributed by atoms with Gasteiger partial charge in [0.15, 0.2) is 0 Å². The van der Waals surface area contributed by atoms with Gasteiger partial charge in [-0.3, -0.25) is 0 Å². The molecule has 1 aliphatic carbocycles. The molecule has 19 heavy (non-hydrogen) atoms. The van der Waals surface area contributed by atoms with E-state index in [1.165, 1.54) is 50.5 Å². The predicted molar refractivity (Wildman–Crippen MR) is 85.3 cm³/mol. The lowest BCUT2D eigenvalue weighted by Gasteiger charge is -2.38. The van der Waals surface area contributed by atoms with Crippen LogP contribution in [0, 0.1) is 5.92 Å². The molecule has 1 fully saturated rings. The van der Waals surface area contributed by atoms with Gasteiger partial charge in [-0.2, -0.15) is 0 Å². The smallest absolute Gasteiger partial charge is 0.0595 e. The van der Waals surface area contributed by atoms with Crippen molar-refractivity contribution >= 4 is 23.2 Å². The molecular formula is C17H24Cl2. The molecule has 0 aliphatic heterocycles. The zero-order valence-electron chi connectivity index (χ0n) is 12.0. The molecule has 0 saturated heterocycles. The van der Waals surface area contributed by atoms with Gasteiger partial charge in [0.1, 0.15) is 0 Å². The van der Waals surface area contributed by atoms with E-state index in [2.05, 4.69) is 26.0 Å². The van der Waals surface area contributed by atoms with E-state index in [-0.39, 0.29) is 0 Å². The van der Waals surface area contributed by atoms with E-state index in [0.29, 0.717) is 15.5 Å². The summed E-state index contributed by atoms with van der Waals surface area (Å²) in [6.45, 7) is 4.62. The monoisotopic (exact) mass is 298 g/mol. The van der Waals surface area contributed by atoms with Gasteiger partial charge < -0.3 is 0 Å². The molecule has 106 valence electrons. The Hall–Kier alpha value is -0.200. The van der Waals surface area contributed by atoms with Crippen molar-refractivity contribution in [2.24, 2.45) is 5.92 Å². The standard InChI is InChI=1S/C17H24Cl2/c1-3-7-13(4-2)17(10-5-6-11-17)14-8-9-15(18)16(19)12-14/h8-9,12-13H,3-7,10-11H2,1-2H3. The summed E-state index contributed by atoms with van der Waals surface area (Å²) in [7, 11) is 0. The van der Waals surface area contributed by atoms with Crippen LogP contribution in [0.2, 0.25) is 10.0 Å². The van der Waals surface area contributed by atoms with E-state index >= 15 is 0 Å². The normalized spacial score (nSPS) is 19.6. The van der Waals surface area contributed by atoms with Crippen molar-refractivity contribution in [2.45, 2.75) is 64.2 Å². The van der Waals surface area contributed by atoms with Gasteiger partial charge in [-0.1, -0.05) is 68.8 Å². The highest BCUT2D eigenvalue weighted by molar-refractivity contribution is 6.42. The quantitative estimate of drug-likeness (QED) is 0.572. The van der Waals surface area contributed by atoms with Crippen molar-refractivity contribution in [3.63, 3.8) is 0 Å². The van der Waals surface area contributed by atoms with Crippen molar-refractivity contribution in [2.75, 3.05) is 0 Å². The number of halogens is 2. The Morgan fingerprint density at radius 1 is 1.11 bits per heavy atom. The summed E-state index contributed by atoms with van der Waals surface area (Å²) < 4.78 is 0. The fourth-order valence-corrected chi connectivity index (χ4v) is 4.26. The molecule has 1 saturated carbocycles. The molecule has 1 aromatic rings. The first-order chi connectivity index (χ1) is 9.14. The average molecular weight is 299 g/mol. The van der Waals surface area contributed by atoms with Gasteiger partial charge in [-0.05, 0) is 48.3 Å². The molecule has 2 rings (SSSR count). The summed E-state index contributed by atoms with van der Waals surface area (Å²) in [4.78, 5) is 0. The van der Waals surface area contributed by atoms with Crippen LogP contribution >= 0.6 is 23.2 Å². The number of hydrogen-bond donors (Lipinski definition) is 0. The summed E-state index contributed by atoms with van der Waals surface area (Å²) in [6, 6.07) is 6.29. The number of rotatable bonds is 5. The Morgan fingerprint density at radius 3 is 2.32 bits per heavy atom. The van der Waals surface area contributed by atoms with Crippen LogP contribution in [0.1, 0.15) is 64.4 Å². The van der Waals surface area contributed by atoms with Crippen LogP contribution in [0.25, 0.3) is 0 Å². The first-order valence-corrected chi connectivity index (χ1v) is 8.35. The lowest BCUT2D eigenvalue weighted by atomic mass is 9.66. The topological polar surface area (TPSA) is 0 Å². The van der Waals surface area contributed by atoms with Crippen LogP contribution in [-0.4, -0.2) is 0 Å². The molecule has 1 unspecified atom stereocenters. The highest BCUT2D eigenvalue weighted by Gasteiger charge is 2.41. The van der Waals surface area contributed by atoms with Gasteiger partial charge in [-0.15, -0.1) is 0 Å². The molecule has 1 aliphatic rings. The lowest BCUT2D eigenvalue weighted by Crippen LogP contribution is -2.32. The van der Waals surface area contributed by atoms with Crippen LogP contribution in [0.15, 0.2) is 18.2 Å². The van der Waals surface area contributed by atoms with Crippen molar-refractivity contribution in [3.05, 3.63) is 33.8 Å². The second kappa shape index (κ2) is 6.50. The van der Waals surface area contributed by atoms with E-state index in [1.54, 1.807) is 0 Å². The maximum Gasteiger partial charge on any atom is 0.0595 e. The summed E-state index contributed by atoms with van der Waals surface area (Å²) >= 11 is 12.3. The van der Waals surface area contributed by atoms with Crippen LogP contribution in [0.5, 0.6) is 0 Å². The number of hydrogen-bond acceptors (Lipinski definition) is 0. The molecule has 0 N–H and O–H groups in total. The minimum Gasteiger partial charge on any atom is -0.0827 e. The maximum absolute atomic E-state index is 6.25. The molecule has 0 bridgehead atoms. The van der Waals surface area contributed by atoms with Gasteiger partial charge in [0.25, 0.3) is 0 Å². The Kier molecular flexibility index (Phi) is 5.20. The van der Waals surface area contributed by atoms with Gasteiger partial charge >= 0.3 is 0 Å². The van der Waals surface area contributed by atoms with Crippen LogP contribution in [0.4, 0.5) is 0 Å². The molecule has 1 atom stereocenters. The third kappa shape index (κ3) is 2.95. The van der Waals surface area contributed by atoms with E-state index in [0.717, 1.165) is 5.92 Å². The molecule has 2 heteroatoms. The summed E-state index contributed by atoms with van der Waals surface area (Å²) in [5, 5.41) is 1.37. The van der Waals surface area contributed by atoms with E-state index in [9.17, 15) is 0 Å². The Bertz CT molecular complexity index is 419. The third-order valence-corrected chi connectivity index (χ3v) is 5.64. The molecular weight excluding hydrogens is 275 g/mol. The van der Waals surface area contributed by atoms with Crippen LogP contribution in [-0.2, 0) is 5.41 Å².